The molecule has 3 N–H and O–H groups in total. The molecule has 0 aliphatic carbocycles. The fourth-order valence-corrected chi connectivity index (χ4v) is 5.90. The number of aromatic nitrogens is 2. The van der Waals surface area contributed by atoms with Gasteiger partial charge in [0.2, 0.25) is 11.8 Å². The summed E-state index contributed by atoms with van der Waals surface area (Å²) in [5, 5.41) is 3.46. The fraction of sp³-hybridized carbons (Fsp3) is 0.500. The van der Waals surface area contributed by atoms with E-state index in [1.165, 1.54) is 0 Å². The van der Waals surface area contributed by atoms with E-state index in [0.717, 1.165) is 6.07 Å². The molecule has 244 valence electrons. The summed E-state index contributed by atoms with van der Waals surface area (Å²) in [6.45, 7) is 10.5. The molecule has 0 saturated carbocycles. The number of hydrogen-bond acceptors (Lipinski definition) is 9. The van der Waals surface area contributed by atoms with Gasteiger partial charge in [0.25, 0.3) is 0 Å². The zero-order valence-electron chi connectivity index (χ0n) is 25.7. The van der Waals surface area contributed by atoms with Crippen LogP contribution in [0.3, 0.4) is 0 Å². The van der Waals surface area contributed by atoms with Crippen LogP contribution < -0.4 is 25.4 Å². The van der Waals surface area contributed by atoms with Crippen molar-refractivity contribution in [2.24, 2.45) is 0 Å². The van der Waals surface area contributed by atoms with Crippen molar-refractivity contribution in [3.8, 4) is 22.9 Å². The first kappa shape index (κ1) is 32.4. The quantitative estimate of drug-likeness (QED) is 0.315. The van der Waals surface area contributed by atoms with Crippen molar-refractivity contribution in [1.29, 1.82) is 0 Å². The van der Waals surface area contributed by atoms with Crippen LogP contribution in [0.2, 0.25) is 0 Å². The number of rotatable bonds is 4. The first-order chi connectivity index (χ1) is 21.3. The summed E-state index contributed by atoms with van der Waals surface area (Å²) in [6.07, 6.45) is -5.87. The Bertz CT molecular complexity index is 1630. The van der Waals surface area contributed by atoms with Crippen molar-refractivity contribution in [3.05, 3.63) is 35.0 Å². The maximum Gasteiger partial charge on any atom is 0.573 e. The van der Waals surface area contributed by atoms with Crippen LogP contribution in [0.25, 0.3) is 22.0 Å². The molecule has 0 radical (unpaired) electrons. The number of nitrogen functional groups attached to an aromatic ring is 1. The van der Waals surface area contributed by atoms with Crippen LogP contribution in [0.15, 0.2) is 12.1 Å². The molecular formula is C30H35F5N6O4. The number of carbonyl (C=O) groups is 1. The standard InChI is InChI=1S/C28H29F5N6O4.C2H6/c1-11-12(2)36-25-21-20(11)22(30)23(16-5-14(34)6-17(29)24(16)43-28(31,32)33)37-26(21)42-13(3)19-7-35-18(10-39(19)25)27(40)38-8-15(9-38)41-4;1-2/h5-6,13,15,18-19,35H,7-10,34H2,1-4H3;1-2H3. The number of methoxy groups -OCH3 is 1. The predicted octanol–water partition coefficient (Wildman–Crippen LogP) is 4.48. The van der Waals surface area contributed by atoms with Crippen LogP contribution in [0, 0.1) is 25.5 Å². The molecule has 0 bridgehead atoms. The number of nitrogens with two attached hydrogens (primary N) is 1. The van der Waals surface area contributed by atoms with E-state index in [2.05, 4.69) is 15.0 Å². The van der Waals surface area contributed by atoms with Crippen LogP contribution in [-0.2, 0) is 9.53 Å². The van der Waals surface area contributed by atoms with Gasteiger partial charge in [-0.3, -0.25) is 4.79 Å². The highest BCUT2D eigenvalue weighted by molar-refractivity contribution is 6.02. The highest BCUT2D eigenvalue weighted by atomic mass is 19.4. The van der Waals surface area contributed by atoms with E-state index in [1.807, 2.05) is 18.7 Å². The Morgan fingerprint density at radius 3 is 2.44 bits per heavy atom. The lowest BCUT2D eigenvalue weighted by atomic mass is 9.99. The number of alkyl halides is 3. The molecule has 10 nitrogen and oxygen atoms in total. The Hall–Kier alpha value is -3.98. The van der Waals surface area contributed by atoms with E-state index in [9.17, 15) is 22.4 Å². The van der Waals surface area contributed by atoms with Crippen molar-refractivity contribution in [3.63, 3.8) is 0 Å². The summed E-state index contributed by atoms with van der Waals surface area (Å²) in [4.78, 5) is 25.9. The Kier molecular flexibility index (Phi) is 8.70. The van der Waals surface area contributed by atoms with E-state index in [-0.39, 0.29) is 46.9 Å². The van der Waals surface area contributed by atoms with E-state index >= 15 is 4.39 Å². The molecule has 3 aliphatic heterocycles. The minimum Gasteiger partial charge on any atom is -0.472 e. The van der Waals surface area contributed by atoms with Gasteiger partial charge in [0.15, 0.2) is 17.4 Å². The Labute approximate surface area is 256 Å². The number of ether oxygens (including phenoxy) is 3. The Balaban J connectivity index is 0.00000196. The van der Waals surface area contributed by atoms with Crippen LogP contribution in [0.4, 0.5) is 33.5 Å². The average molecular weight is 639 g/mol. The number of hydrogen-bond donors (Lipinski definition) is 2. The van der Waals surface area contributed by atoms with Gasteiger partial charge in [0, 0.05) is 56.1 Å². The molecular weight excluding hydrogens is 603 g/mol. The summed E-state index contributed by atoms with van der Waals surface area (Å²) >= 11 is 0. The van der Waals surface area contributed by atoms with Crippen molar-refractivity contribution < 1.29 is 41.0 Å². The molecule has 3 atom stereocenters. The molecule has 3 aliphatic rings. The Morgan fingerprint density at radius 2 is 1.80 bits per heavy atom. The van der Waals surface area contributed by atoms with E-state index < -0.39 is 47.1 Å². The van der Waals surface area contributed by atoms with Gasteiger partial charge in [-0.15, -0.1) is 13.2 Å². The number of pyridine rings is 2. The number of nitrogens with zero attached hydrogens (tertiary/aromatic N) is 4. The number of benzene rings is 1. The molecule has 2 fully saturated rings. The maximum atomic E-state index is 16.5. The number of aryl methyl sites for hydroxylation is 2. The highest BCUT2D eigenvalue weighted by Crippen LogP contribution is 2.46. The molecule has 45 heavy (non-hydrogen) atoms. The maximum absolute atomic E-state index is 16.5. The third-order valence-electron chi connectivity index (χ3n) is 8.31. The van der Waals surface area contributed by atoms with Gasteiger partial charge in [-0.2, -0.15) is 0 Å². The van der Waals surface area contributed by atoms with Gasteiger partial charge in [-0.05, 0) is 32.4 Å². The van der Waals surface area contributed by atoms with Gasteiger partial charge in [0.05, 0.1) is 23.1 Å². The molecule has 2 saturated heterocycles. The van der Waals surface area contributed by atoms with Gasteiger partial charge < -0.3 is 35.1 Å². The molecule has 1 amide bonds. The minimum absolute atomic E-state index is 0.0109. The SMILES string of the molecule is CC.COC1CN(C(=O)C2CN3c4nc(C)c(C)c5c(F)c(-c6cc(N)cc(F)c6OC(F)(F)F)nc(c45)OC(C)C3CN2)C1. The number of halogens is 5. The van der Waals surface area contributed by atoms with E-state index in [4.69, 9.17) is 20.2 Å². The van der Waals surface area contributed by atoms with Crippen LogP contribution >= 0.6 is 0 Å². The molecule has 3 aromatic rings. The molecule has 6 rings (SSSR count). The zero-order chi connectivity index (χ0) is 33.0. The molecule has 5 heterocycles. The third-order valence-corrected chi connectivity index (χ3v) is 8.31. The normalized spacial score (nSPS) is 21.3. The molecule has 15 heteroatoms. The zero-order valence-corrected chi connectivity index (χ0v) is 25.7. The monoisotopic (exact) mass is 638 g/mol. The van der Waals surface area contributed by atoms with Crippen molar-refractivity contribution in [2.75, 3.05) is 43.9 Å². The summed E-state index contributed by atoms with van der Waals surface area (Å²) in [5.74, 6) is -3.62. The number of anilines is 2. The summed E-state index contributed by atoms with van der Waals surface area (Å²) in [7, 11) is 1.59. The summed E-state index contributed by atoms with van der Waals surface area (Å²) < 4.78 is 86.6. The lowest BCUT2D eigenvalue weighted by Gasteiger charge is -2.45. The largest absolute Gasteiger partial charge is 0.573 e. The van der Waals surface area contributed by atoms with Crippen molar-refractivity contribution >= 4 is 28.2 Å². The molecule has 3 unspecified atom stereocenters. The number of piperazine rings is 1. The van der Waals surface area contributed by atoms with Crippen LogP contribution in [0.1, 0.15) is 32.0 Å². The van der Waals surface area contributed by atoms with Gasteiger partial charge >= 0.3 is 6.36 Å². The summed E-state index contributed by atoms with van der Waals surface area (Å²) in [6, 6.07) is 0.661. The summed E-state index contributed by atoms with van der Waals surface area (Å²) in [5.41, 5.74) is 5.05. The van der Waals surface area contributed by atoms with Crippen LogP contribution in [0.5, 0.6) is 11.6 Å². The van der Waals surface area contributed by atoms with Crippen LogP contribution in [-0.4, -0.2) is 84.7 Å². The van der Waals surface area contributed by atoms with Gasteiger partial charge in [-0.25, -0.2) is 18.7 Å². The molecule has 1 aromatic carbocycles. The first-order valence-corrected chi connectivity index (χ1v) is 14.6. The number of fused-ring (bicyclic) bond motifs is 2. The second-order valence-electron chi connectivity index (χ2n) is 11.0. The highest BCUT2D eigenvalue weighted by Gasteiger charge is 2.44. The van der Waals surface area contributed by atoms with Gasteiger partial charge in [0.1, 0.15) is 23.7 Å². The number of carbonyl (C=O) groups excluding carboxylic acids is 1. The lowest BCUT2D eigenvalue weighted by Crippen LogP contribution is -2.67. The second kappa shape index (κ2) is 12.1. The first-order valence-electron chi connectivity index (χ1n) is 14.6. The van der Waals surface area contributed by atoms with Crippen molar-refractivity contribution in [2.45, 2.75) is 65.3 Å². The molecule has 2 aromatic heterocycles. The fourth-order valence-electron chi connectivity index (χ4n) is 5.90. The van der Waals surface area contributed by atoms with E-state index in [1.54, 1.807) is 32.8 Å². The number of amides is 1. The topological polar surface area (TPSA) is 115 Å². The van der Waals surface area contributed by atoms with E-state index in [0.29, 0.717) is 42.8 Å². The smallest absolute Gasteiger partial charge is 0.472 e. The molecule has 0 spiro atoms. The second-order valence-corrected chi connectivity index (χ2v) is 11.0. The minimum atomic E-state index is -5.27. The number of nitrogens with one attached hydrogen (secondary N) is 1. The third kappa shape index (κ3) is 5.78. The van der Waals surface area contributed by atoms with Crippen molar-refractivity contribution in [1.82, 2.24) is 20.2 Å². The number of likely N-dealkylation sites (tertiary alicyclic amines) is 1. The average Bonchev–Trinajstić information content (AvgIpc) is 3.07. The Morgan fingerprint density at radius 1 is 1.11 bits per heavy atom. The predicted molar refractivity (Wildman–Crippen MR) is 157 cm³/mol. The lowest BCUT2D eigenvalue weighted by molar-refractivity contribution is -0.275. The van der Waals surface area contributed by atoms with Gasteiger partial charge in [-0.1, -0.05) is 13.8 Å².